The van der Waals surface area contributed by atoms with Crippen LogP contribution in [0.2, 0.25) is 0 Å². The molecule has 0 fully saturated rings. The van der Waals surface area contributed by atoms with Crippen molar-refractivity contribution in [1.29, 1.82) is 0 Å². The third-order valence-electron chi connectivity index (χ3n) is 1.91. The molecule has 1 heterocycles. The molecule has 1 aromatic rings. The molecule has 0 amide bonds. The number of unbranched alkanes of at least 4 members (excludes halogenated alkanes) is 1. The number of hydrogen-bond acceptors (Lipinski definition) is 4. The second-order valence-corrected chi connectivity index (χ2v) is 3.40. The van der Waals surface area contributed by atoms with E-state index in [2.05, 4.69) is 22.2 Å². The van der Waals surface area contributed by atoms with Gasteiger partial charge in [-0.25, -0.2) is 4.98 Å². The van der Waals surface area contributed by atoms with Crippen molar-refractivity contribution in [2.45, 2.75) is 33.6 Å². The molecule has 0 radical (unpaired) electrons. The van der Waals surface area contributed by atoms with Crippen LogP contribution in [0.3, 0.4) is 0 Å². The van der Waals surface area contributed by atoms with Gasteiger partial charge in [0.15, 0.2) is 0 Å². The molecule has 4 nitrogen and oxygen atoms in total. The summed E-state index contributed by atoms with van der Waals surface area (Å²) in [6, 6.07) is 1.86. The standard InChI is InChI=1S/C11H19N3O/c1-4-6-7-15-10-8-9(3)13-11(14-10)12-5-2/h8H,4-7H2,1-3H3,(H,12,13,14). The number of nitrogens with zero attached hydrogens (tertiary/aromatic N) is 2. The Bertz CT molecular complexity index is 302. The fraction of sp³-hybridized carbons (Fsp3) is 0.636. The minimum absolute atomic E-state index is 0.643. The molecule has 0 bridgehead atoms. The third-order valence-corrected chi connectivity index (χ3v) is 1.91. The van der Waals surface area contributed by atoms with Gasteiger partial charge in [-0.1, -0.05) is 13.3 Å². The number of ether oxygens (including phenoxy) is 1. The summed E-state index contributed by atoms with van der Waals surface area (Å²) in [5.41, 5.74) is 0.924. The van der Waals surface area contributed by atoms with E-state index in [1.165, 1.54) is 0 Å². The van der Waals surface area contributed by atoms with Gasteiger partial charge in [0.1, 0.15) is 0 Å². The fourth-order valence-corrected chi connectivity index (χ4v) is 1.17. The third kappa shape index (κ3) is 4.14. The van der Waals surface area contributed by atoms with Crippen LogP contribution in [0.1, 0.15) is 32.4 Å². The van der Waals surface area contributed by atoms with Crippen LogP contribution >= 0.6 is 0 Å². The minimum atomic E-state index is 0.643. The first-order valence-electron chi connectivity index (χ1n) is 5.48. The largest absolute Gasteiger partial charge is 0.478 e. The molecule has 84 valence electrons. The molecule has 0 aliphatic carbocycles. The first-order valence-corrected chi connectivity index (χ1v) is 5.48. The van der Waals surface area contributed by atoms with Gasteiger partial charge in [0, 0.05) is 18.3 Å². The van der Waals surface area contributed by atoms with Gasteiger partial charge in [-0.05, 0) is 20.3 Å². The van der Waals surface area contributed by atoms with Gasteiger partial charge in [0.2, 0.25) is 11.8 Å². The van der Waals surface area contributed by atoms with Gasteiger partial charge < -0.3 is 10.1 Å². The van der Waals surface area contributed by atoms with Crippen molar-refractivity contribution in [3.05, 3.63) is 11.8 Å². The Morgan fingerprint density at radius 1 is 1.33 bits per heavy atom. The van der Waals surface area contributed by atoms with Crippen molar-refractivity contribution >= 4 is 5.95 Å². The number of anilines is 1. The Hall–Kier alpha value is -1.32. The lowest BCUT2D eigenvalue weighted by molar-refractivity contribution is 0.297. The van der Waals surface area contributed by atoms with Crippen LogP contribution in [0.25, 0.3) is 0 Å². The zero-order valence-corrected chi connectivity index (χ0v) is 9.71. The van der Waals surface area contributed by atoms with E-state index in [1.54, 1.807) is 0 Å². The number of rotatable bonds is 6. The average Bonchev–Trinajstić information content (AvgIpc) is 2.18. The lowest BCUT2D eigenvalue weighted by Crippen LogP contribution is -2.06. The number of nitrogens with one attached hydrogen (secondary N) is 1. The quantitative estimate of drug-likeness (QED) is 0.731. The van der Waals surface area contributed by atoms with Crippen LogP contribution in [0.4, 0.5) is 5.95 Å². The summed E-state index contributed by atoms with van der Waals surface area (Å²) in [5, 5.41) is 3.08. The Morgan fingerprint density at radius 2 is 2.13 bits per heavy atom. The van der Waals surface area contributed by atoms with Crippen molar-refractivity contribution < 1.29 is 4.74 Å². The number of aryl methyl sites for hydroxylation is 1. The highest BCUT2D eigenvalue weighted by Crippen LogP contribution is 2.12. The highest BCUT2D eigenvalue weighted by atomic mass is 16.5. The van der Waals surface area contributed by atoms with Gasteiger partial charge in [-0.15, -0.1) is 0 Å². The molecule has 0 aliphatic rings. The van der Waals surface area contributed by atoms with Gasteiger partial charge in [0.25, 0.3) is 0 Å². The maximum absolute atomic E-state index is 5.52. The molecule has 0 atom stereocenters. The summed E-state index contributed by atoms with van der Waals surface area (Å²) >= 11 is 0. The zero-order chi connectivity index (χ0) is 11.1. The molecule has 0 spiro atoms. The molecule has 0 saturated heterocycles. The van der Waals surface area contributed by atoms with Crippen molar-refractivity contribution in [2.24, 2.45) is 0 Å². The molecule has 0 unspecified atom stereocenters. The minimum Gasteiger partial charge on any atom is -0.478 e. The molecular formula is C11H19N3O. The van der Waals surface area contributed by atoms with Crippen molar-refractivity contribution in [3.8, 4) is 5.88 Å². The van der Waals surface area contributed by atoms with Crippen LogP contribution in [0.5, 0.6) is 5.88 Å². The number of aromatic nitrogens is 2. The molecule has 1 rings (SSSR count). The molecule has 0 saturated carbocycles. The number of hydrogen-bond donors (Lipinski definition) is 1. The molecule has 1 N–H and O–H groups in total. The predicted octanol–water partition coefficient (Wildman–Crippen LogP) is 2.40. The van der Waals surface area contributed by atoms with E-state index >= 15 is 0 Å². The summed E-state index contributed by atoms with van der Waals surface area (Å²) in [4.78, 5) is 8.50. The van der Waals surface area contributed by atoms with Crippen LogP contribution < -0.4 is 10.1 Å². The maximum Gasteiger partial charge on any atom is 0.226 e. The normalized spacial score (nSPS) is 10.1. The summed E-state index contributed by atoms with van der Waals surface area (Å²) in [6.45, 7) is 7.63. The Labute approximate surface area is 91.1 Å². The van der Waals surface area contributed by atoms with Gasteiger partial charge >= 0.3 is 0 Å². The van der Waals surface area contributed by atoms with E-state index in [0.717, 1.165) is 31.7 Å². The van der Waals surface area contributed by atoms with Crippen LogP contribution in [0, 0.1) is 6.92 Å². The van der Waals surface area contributed by atoms with Crippen molar-refractivity contribution in [3.63, 3.8) is 0 Å². The fourth-order valence-electron chi connectivity index (χ4n) is 1.17. The zero-order valence-electron chi connectivity index (χ0n) is 9.71. The summed E-state index contributed by atoms with van der Waals surface area (Å²) < 4.78 is 5.52. The van der Waals surface area contributed by atoms with E-state index in [4.69, 9.17) is 4.74 Å². The highest BCUT2D eigenvalue weighted by molar-refractivity contribution is 5.30. The second kappa shape index (κ2) is 6.22. The first kappa shape index (κ1) is 11.8. The van der Waals surface area contributed by atoms with E-state index in [1.807, 2.05) is 19.9 Å². The van der Waals surface area contributed by atoms with Gasteiger partial charge in [0.05, 0.1) is 6.61 Å². The average molecular weight is 209 g/mol. The second-order valence-electron chi connectivity index (χ2n) is 3.40. The van der Waals surface area contributed by atoms with E-state index in [0.29, 0.717) is 11.8 Å². The first-order chi connectivity index (χ1) is 7.26. The molecule has 0 aromatic carbocycles. The predicted molar refractivity (Wildman–Crippen MR) is 61.3 cm³/mol. The summed E-state index contributed by atoms with van der Waals surface area (Å²) in [6.07, 6.45) is 2.18. The van der Waals surface area contributed by atoms with Crippen LogP contribution in [0.15, 0.2) is 6.07 Å². The van der Waals surface area contributed by atoms with Gasteiger partial charge in [-0.2, -0.15) is 4.98 Å². The van der Waals surface area contributed by atoms with E-state index < -0.39 is 0 Å². The molecule has 0 aliphatic heterocycles. The highest BCUT2D eigenvalue weighted by Gasteiger charge is 2.01. The summed E-state index contributed by atoms with van der Waals surface area (Å²) in [7, 11) is 0. The Kier molecular flexibility index (Phi) is 4.87. The van der Waals surface area contributed by atoms with Crippen LogP contribution in [-0.2, 0) is 0 Å². The lowest BCUT2D eigenvalue weighted by Gasteiger charge is -2.07. The maximum atomic E-state index is 5.52. The SMILES string of the molecule is CCCCOc1cc(C)nc(NCC)n1. The Balaban J connectivity index is 2.62. The monoisotopic (exact) mass is 209 g/mol. The molecular weight excluding hydrogens is 190 g/mol. The topological polar surface area (TPSA) is 47.0 Å². The van der Waals surface area contributed by atoms with Crippen molar-refractivity contribution in [2.75, 3.05) is 18.5 Å². The molecule has 15 heavy (non-hydrogen) atoms. The smallest absolute Gasteiger partial charge is 0.226 e. The molecule has 1 aromatic heterocycles. The summed E-state index contributed by atoms with van der Waals surface area (Å²) in [5.74, 6) is 1.30. The van der Waals surface area contributed by atoms with E-state index in [9.17, 15) is 0 Å². The lowest BCUT2D eigenvalue weighted by atomic mass is 10.4. The van der Waals surface area contributed by atoms with Gasteiger partial charge in [-0.3, -0.25) is 0 Å². The van der Waals surface area contributed by atoms with Crippen LogP contribution in [-0.4, -0.2) is 23.1 Å². The Morgan fingerprint density at radius 3 is 2.80 bits per heavy atom. The van der Waals surface area contributed by atoms with Crippen molar-refractivity contribution in [1.82, 2.24) is 9.97 Å². The molecule has 4 heteroatoms. The van der Waals surface area contributed by atoms with E-state index in [-0.39, 0.29) is 0 Å².